The second-order valence-corrected chi connectivity index (χ2v) is 4.93. The lowest BCUT2D eigenvalue weighted by Gasteiger charge is -2.15. The van der Waals surface area contributed by atoms with E-state index in [-0.39, 0.29) is 0 Å². The van der Waals surface area contributed by atoms with Gasteiger partial charge < -0.3 is 5.32 Å². The molecule has 0 saturated heterocycles. The van der Waals surface area contributed by atoms with Crippen LogP contribution in [0.1, 0.15) is 25.1 Å². The number of nitrogens with zero attached hydrogens (tertiary/aromatic N) is 1. The van der Waals surface area contributed by atoms with Crippen LogP contribution in [0.15, 0.2) is 22.7 Å². The Morgan fingerprint density at radius 1 is 1.29 bits per heavy atom. The molecule has 2 rings (SSSR count). The van der Waals surface area contributed by atoms with E-state index in [9.17, 15) is 0 Å². The third-order valence-electron chi connectivity index (χ3n) is 3.00. The lowest BCUT2D eigenvalue weighted by molar-refractivity contribution is 1.02. The normalized spacial score (nSPS) is 10.8. The van der Waals surface area contributed by atoms with Gasteiger partial charge in [-0.05, 0) is 47.8 Å². The van der Waals surface area contributed by atoms with E-state index in [2.05, 4.69) is 54.2 Å². The predicted octanol–water partition coefficient (Wildman–Crippen LogP) is 4.30. The van der Waals surface area contributed by atoms with Crippen LogP contribution in [0.5, 0.6) is 0 Å². The average molecular weight is 293 g/mol. The third kappa shape index (κ3) is 2.16. The topological polar surface area (TPSA) is 24.9 Å². The number of nitrogens with one attached hydrogen (secondary N) is 1. The van der Waals surface area contributed by atoms with Crippen LogP contribution < -0.4 is 5.32 Å². The molecule has 1 aromatic carbocycles. The first-order valence-corrected chi connectivity index (χ1v) is 6.79. The summed E-state index contributed by atoms with van der Waals surface area (Å²) in [6.07, 6.45) is 0.960. The Morgan fingerprint density at radius 2 is 2.06 bits per heavy atom. The molecule has 90 valence electrons. The van der Waals surface area contributed by atoms with Gasteiger partial charge in [0.25, 0.3) is 0 Å². The summed E-state index contributed by atoms with van der Waals surface area (Å²) < 4.78 is 1.06. The molecule has 0 unspecified atom stereocenters. The smallest absolute Gasteiger partial charge is 0.0868 e. The van der Waals surface area contributed by atoms with Gasteiger partial charge in [0.05, 0.1) is 5.52 Å². The van der Waals surface area contributed by atoms with Gasteiger partial charge in [-0.3, -0.25) is 4.98 Å². The third-order valence-corrected chi connectivity index (χ3v) is 3.64. The Balaban J connectivity index is 2.81. The highest BCUT2D eigenvalue weighted by atomic mass is 79.9. The maximum Gasteiger partial charge on any atom is 0.0868 e. The zero-order valence-corrected chi connectivity index (χ0v) is 12.1. The first-order chi connectivity index (χ1) is 8.19. The maximum absolute atomic E-state index is 4.75. The number of benzene rings is 1. The number of halogens is 1. The van der Waals surface area contributed by atoms with Crippen LogP contribution in [0.2, 0.25) is 0 Å². The fraction of sp³-hybridized carbons (Fsp3) is 0.357. The van der Waals surface area contributed by atoms with Crippen LogP contribution in [0.25, 0.3) is 10.9 Å². The number of anilines is 1. The Labute approximate surface area is 111 Å². The number of hydrogen-bond acceptors (Lipinski definition) is 2. The van der Waals surface area contributed by atoms with Gasteiger partial charge in [0.15, 0.2) is 0 Å². The van der Waals surface area contributed by atoms with Crippen molar-refractivity contribution in [3.05, 3.63) is 33.9 Å². The molecule has 0 aliphatic carbocycles. The van der Waals surface area contributed by atoms with E-state index in [1.807, 2.05) is 6.07 Å². The lowest BCUT2D eigenvalue weighted by atomic mass is 10.1. The molecule has 0 radical (unpaired) electrons. The SMILES string of the molecule is CCNc1c(C)c(CC)nc2c(Br)cccc12. The van der Waals surface area contributed by atoms with Crippen molar-refractivity contribution in [3.63, 3.8) is 0 Å². The summed E-state index contributed by atoms with van der Waals surface area (Å²) in [5.74, 6) is 0. The predicted molar refractivity (Wildman–Crippen MR) is 77.7 cm³/mol. The lowest BCUT2D eigenvalue weighted by Crippen LogP contribution is -2.04. The maximum atomic E-state index is 4.75. The van der Waals surface area contributed by atoms with E-state index in [1.54, 1.807) is 0 Å². The van der Waals surface area contributed by atoms with Crippen molar-refractivity contribution in [1.82, 2.24) is 4.98 Å². The number of para-hydroxylation sites is 1. The van der Waals surface area contributed by atoms with Crippen molar-refractivity contribution in [1.29, 1.82) is 0 Å². The van der Waals surface area contributed by atoms with Crippen molar-refractivity contribution in [2.45, 2.75) is 27.2 Å². The highest BCUT2D eigenvalue weighted by Crippen LogP contribution is 2.32. The molecule has 2 aromatic rings. The molecule has 0 aliphatic heterocycles. The Kier molecular flexibility index (Phi) is 3.67. The average Bonchev–Trinajstić information content (AvgIpc) is 2.33. The molecule has 0 bridgehead atoms. The molecular formula is C14H17BrN2. The zero-order valence-electron chi connectivity index (χ0n) is 10.5. The summed E-state index contributed by atoms with van der Waals surface area (Å²) in [4.78, 5) is 4.75. The van der Waals surface area contributed by atoms with Gasteiger partial charge in [-0.2, -0.15) is 0 Å². The number of rotatable bonds is 3. The fourth-order valence-corrected chi connectivity index (χ4v) is 2.60. The summed E-state index contributed by atoms with van der Waals surface area (Å²) in [5.41, 5.74) is 4.70. The van der Waals surface area contributed by atoms with Crippen LogP contribution in [0, 0.1) is 6.92 Å². The minimum absolute atomic E-state index is 0.926. The quantitative estimate of drug-likeness (QED) is 0.912. The molecule has 1 aromatic heterocycles. The minimum atomic E-state index is 0.926. The van der Waals surface area contributed by atoms with Gasteiger partial charge >= 0.3 is 0 Å². The number of aromatic nitrogens is 1. The zero-order chi connectivity index (χ0) is 12.4. The van der Waals surface area contributed by atoms with Crippen molar-refractivity contribution < 1.29 is 0 Å². The summed E-state index contributed by atoms with van der Waals surface area (Å²) in [6, 6.07) is 6.22. The molecule has 0 spiro atoms. The van der Waals surface area contributed by atoms with Crippen LogP contribution in [-0.2, 0) is 6.42 Å². The molecule has 1 N–H and O–H groups in total. The van der Waals surface area contributed by atoms with E-state index in [1.165, 1.54) is 22.3 Å². The molecule has 0 atom stereocenters. The summed E-state index contributed by atoms with van der Waals surface area (Å²) in [7, 11) is 0. The van der Waals surface area contributed by atoms with E-state index < -0.39 is 0 Å². The molecule has 0 saturated carbocycles. The molecule has 0 amide bonds. The van der Waals surface area contributed by atoms with Crippen molar-refractivity contribution in [2.75, 3.05) is 11.9 Å². The van der Waals surface area contributed by atoms with Crippen LogP contribution >= 0.6 is 15.9 Å². The van der Waals surface area contributed by atoms with Gasteiger partial charge in [0, 0.05) is 27.8 Å². The molecular weight excluding hydrogens is 276 g/mol. The van der Waals surface area contributed by atoms with Gasteiger partial charge in [0.1, 0.15) is 0 Å². The number of pyridine rings is 1. The van der Waals surface area contributed by atoms with Crippen molar-refractivity contribution in [3.8, 4) is 0 Å². The second kappa shape index (κ2) is 5.05. The Bertz CT molecular complexity index is 549. The van der Waals surface area contributed by atoms with E-state index in [4.69, 9.17) is 4.98 Å². The second-order valence-electron chi connectivity index (χ2n) is 4.08. The van der Waals surface area contributed by atoms with Gasteiger partial charge in [0.2, 0.25) is 0 Å². The Morgan fingerprint density at radius 3 is 2.71 bits per heavy atom. The highest BCUT2D eigenvalue weighted by Gasteiger charge is 2.11. The van der Waals surface area contributed by atoms with E-state index >= 15 is 0 Å². The molecule has 3 heteroatoms. The van der Waals surface area contributed by atoms with Crippen LogP contribution in [0.3, 0.4) is 0 Å². The van der Waals surface area contributed by atoms with Gasteiger partial charge in [-0.25, -0.2) is 0 Å². The molecule has 0 aliphatic rings. The van der Waals surface area contributed by atoms with Gasteiger partial charge in [-0.1, -0.05) is 19.1 Å². The number of fused-ring (bicyclic) bond motifs is 1. The molecule has 2 nitrogen and oxygen atoms in total. The van der Waals surface area contributed by atoms with Crippen molar-refractivity contribution >= 4 is 32.5 Å². The largest absolute Gasteiger partial charge is 0.385 e. The van der Waals surface area contributed by atoms with Crippen LogP contribution in [-0.4, -0.2) is 11.5 Å². The highest BCUT2D eigenvalue weighted by molar-refractivity contribution is 9.10. The van der Waals surface area contributed by atoms with E-state index in [0.29, 0.717) is 0 Å². The molecule has 0 fully saturated rings. The fourth-order valence-electron chi connectivity index (χ4n) is 2.14. The standard InChI is InChI=1S/C14H17BrN2/c1-4-12-9(3)13(16-5-2)10-7-6-8-11(15)14(10)17-12/h6-8H,4-5H2,1-3H3,(H,16,17). The summed E-state index contributed by atoms with van der Waals surface area (Å²) >= 11 is 3.58. The Hall–Kier alpha value is -1.09. The number of aryl methyl sites for hydroxylation is 1. The summed E-state index contributed by atoms with van der Waals surface area (Å²) in [5, 5.41) is 4.65. The first kappa shape index (κ1) is 12.4. The van der Waals surface area contributed by atoms with E-state index in [0.717, 1.165) is 23.0 Å². The molecule has 17 heavy (non-hydrogen) atoms. The monoisotopic (exact) mass is 292 g/mol. The first-order valence-electron chi connectivity index (χ1n) is 6.00. The molecule has 1 heterocycles. The van der Waals surface area contributed by atoms with Crippen molar-refractivity contribution in [2.24, 2.45) is 0 Å². The summed E-state index contributed by atoms with van der Waals surface area (Å²) in [6.45, 7) is 7.34. The minimum Gasteiger partial charge on any atom is -0.385 e. The number of hydrogen-bond donors (Lipinski definition) is 1. The van der Waals surface area contributed by atoms with Gasteiger partial charge in [-0.15, -0.1) is 0 Å². The van der Waals surface area contributed by atoms with Crippen LogP contribution in [0.4, 0.5) is 5.69 Å².